The molecule has 1 aromatic carbocycles. The number of amides is 1. The van der Waals surface area contributed by atoms with Gasteiger partial charge >= 0.3 is 0 Å². The number of sulfone groups is 1. The first-order valence-corrected chi connectivity index (χ1v) is 11.1. The van der Waals surface area contributed by atoms with Crippen molar-refractivity contribution in [2.45, 2.75) is 31.1 Å². The van der Waals surface area contributed by atoms with Crippen molar-refractivity contribution < 1.29 is 13.2 Å². The fraction of sp³-hybridized carbons (Fsp3) is 0.529. The molecule has 1 aromatic rings. The molecular formula is C17H23N3O3S2. The molecule has 8 heteroatoms. The molecule has 0 saturated carbocycles. The maximum atomic E-state index is 12.0. The molecule has 2 heterocycles. The van der Waals surface area contributed by atoms with Gasteiger partial charge in [-0.05, 0) is 30.7 Å². The van der Waals surface area contributed by atoms with Gasteiger partial charge in [-0.2, -0.15) is 4.99 Å². The van der Waals surface area contributed by atoms with Crippen LogP contribution in [-0.4, -0.2) is 56.4 Å². The number of thioether (sulfide) groups is 1. The largest absolute Gasteiger partial charge is 0.378 e. The summed E-state index contributed by atoms with van der Waals surface area (Å²) < 4.78 is 24.1. The average Bonchev–Trinajstić information content (AvgIpc) is 2.98. The van der Waals surface area contributed by atoms with Gasteiger partial charge in [0.2, 0.25) is 5.91 Å². The molecule has 25 heavy (non-hydrogen) atoms. The minimum absolute atomic E-state index is 0.0632. The Kier molecular flexibility index (Phi) is 5.11. The van der Waals surface area contributed by atoms with Crippen LogP contribution in [-0.2, 0) is 14.6 Å². The summed E-state index contributed by atoms with van der Waals surface area (Å²) in [7, 11) is 0.897. The van der Waals surface area contributed by atoms with Crippen molar-refractivity contribution in [2.75, 3.05) is 35.4 Å². The molecule has 0 spiro atoms. The van der Waals surface area contributed by atoms with Gasteiger partial charge in [-0.15, -0.1) is 0 Å². The Morgan fingerprint density at radius 3 is 2.56 bits per heavy atom. The van der Waals surface area contributed by atoms with E-state index in [0.717, 1.165) is 17.8 Å². The fourth-order valence-electron chi connectivity index (χ4n) is 3.15. The Bertz CT molecular complexity index is 788. The third kappa shape index (κ3) is 3.84. The van der Waals surface area contributed by atoms with Gasteiger partial charge in [-0.25, -0.2) is 8.42 Å². The molecule has 1 amide bonds. The molecule has 2 fully saturated rings. The van der Waals surface area contributed by atoms with Gasteiger partial charge in [0.05, 0.1) is 17.5 Å². The minimum Gasteiger partial charge on any atom is -0.378 e. The lowest BCUT2D eigenvalue weighted by Gasteiger charge is -2.25. The number of hydrogen-bond donors (Lipinski definition) is 0. The molecule has 0 aliphatic carbocycles. The number of carbonyl (C=O) groups excluding carboxylic acids is 1. The van der Waals surface area contributed by atoms with E-state index in [4.69, 9.17) is 0 Å². The number of benzene rings is 1. The summed E-state index contributed by atoms with van der Waals surface area (Å²) in [6.45, 7) is 1.94. The SMILES string of the molecule is CCCC(=O)N=C1SC2CS(=O)(=O)CC2N1c1ccc(N(C)C)cc1. The van der Waals surface area contributed by atoms with Crippen molar-refractivity contribution >= 4 is 44.0 Å². The van der Waals surface area contributed by atoms with E-state index in [-0.39, 0.29) is 28.7 Å². The average molecular weight is 382 g/mol. The van der Waals surface area contributed by atoms with E-state index in [9.17, 15) is 13.2 Å². The third-order valence-electron chi connectivity index (χ3n) is 4.40. The van der Waals surface area contributed by atoms with E-state index >= 15 is 0 Å². The summed E-state index contributed by atoms with van der Waals surface area (Å²) in [6.07, 6.45) is 1.16. The number of fused-ring (bicyclic) bond motifs is 1. The molecule has 0 radical (unpaired) electrons. The Balaban J connectivity index is 1.96. The first-order valence-electron chi connectivity index (χ1n) is 8.36. The van der Waals surface area contributed by atoms with Crippen LogP contribution < -0.4 is 9.80 Å². The number of anilines is 2. The number of amidine groups is 1. The quantitative estimate of drug-likeness (QED) is 0.796. The maximum absolute atomic E-state index is 12.0. The highest BCUT2D eigenvalue weighted by atomic mass is 32.2. The summed E-state index contributed by atoms with van der Waals surface area (Å²) in [5.41, 5.74) is 1.94. The van der Waals surface area contributed by atoms with Crippen LogP contribution in [0.15, 0.2) is 29.3 Å². The fourth-order valence-corrected chi connectivity index (χ4v) is 7.09. The molecule has 3 rings (SSSR count). The molecular weight excluding hydrogens is 358 g/mol. The van der Waals surface area contributed by atoms with Crippen molar-refractivity contribution in [3.05, 3.63) is 24.3 Å². The van der Waals surface area contributed by atoms with Crippen molar-refractivity contribution in [1.82, 2.24) is 0 Å². The van der Waals surface area contributed by atoms with Gasteiger partial charge in [0.1, 0.15) is 0 Å². The Labute approximate surface area is 153 Å². The van der Waals surface area contributed by atoms with E-state index in [2.05, 4.69) is 4.99 Å². The van der Waals surface area contributed by atoms with E-state index in [1.165, 1.54) is 11.8 Å². The predicted octanol–water partition coefficient (Wildman–Crippen LogP) is 2.15. The first kappa shape index (κ1) is 18.3. The zero-order chi connectivity index (χ0) is 18.2. The summed E-state index contributed by atoms with van der Waals surface area (Å²) in [6, 6.07) is 7.74. The molecule has 0 bridgehead atoms. The molecule has 136 valence electrons. The lowest BCUT2D eigenvalue weighted by Crippen LogP contribution is -2.37. The highest BCUT2D eigenvalue weighted by Gasteiger charge is 2.49. The van der Waals surface area contributed by atoms with Crippen LogP contribution in [0.4, 0.5) is 11.4 Å². The number of aliphatic imine (C=N–C) groups is 1. The summed E-state index contributed by atoms with van der Waals surface area (Å²) >= 11 is 1.42. The van der Waals surface area contributed by atoms with Crippen molar-refractivity contribution in [2.24, 2.45) is 4.99 Å². The number of rotatable bonds is 4. The van der Waals surface area contributed by atoms with Crippen molar-refractivity contribution in [3.63, 3.8) is 0 Å². The normalized spacial score (nSPS) is 26.0. The molecule has 6 nitrogen and oxygen atoms in total. The first-order chi connectivity index (χ1) is 11.8. The highest BCUT2D eigenvalue weighted by Crippen LogP contribution is 2.41. The van der Waals surface area contributed by atoms with E-state index in [0.29, 0.717) is 11.6 Å². The summed E-state index contributed by atoms with van der Waals surface area (Å²) in [5.74, 6) is 0.110. The lowest BCUT2D eigenvalue weighted by molar-refractivity contribution is -0.117. The Hall–Kier alpha value is -1.54. The second-order valence-corrected chi connectivity index (χ2v) is 9.98. The van der Waals surface area contributed by atoms with Crippen LogP contribution in [0.5, 0.6) is 0 Å². The number of nitrogens with zero attached hydrogens (tertiary/aromatic N) is 3. The Morgan fingerprint density at radius 1 is 1.28 bits per heavy atom. The van der Waals surface area contributed by atoms with Crippen LogP contribution in [0.25, 0.3) is 0 Å². The number of carbonyl (C=O) groups is 1. The molecule has 2 unspecified atom stereocenters. The monoisotopic (exact) mass is 381 g/mol. The van der Waals surface area contributed by atoms with Crippen LogP contribution in [0, 0.1) is 0 Å². The van der Waals surface area contributed by atoms with Gasteiger partial charge in [0.15, 0.2) is 15.0 Å². The lowest BCUT2D eigenvalue weighted by atomic mass is 10.2. The zero-order valence-electron chi connectivity index (χ0n) is 14.7. The van der Waals surface area contributed by atoms with Crippen LogP contribution in [0.1, 0.15) is 19.8 Å². The van der Waals surface area contributed by atoms with Gasteiger partial charge in [0.25, 0.3) is 0 Å². The van der Waals surface area contributed by atoms with Crippen LogP contribution in [0.2, 0.25) is 0 Å². The maximum Gasteiger partial charge on any atom is 0.248 e. The van der Waals surface area contributed by atoms with E-state index in [1.54, 1.807) is 0 Å². The minimum atomic E-state index is -3.04. The Morgan fingerprint density at radius 2 is 1.96 bits per heavy atom. The molecule has 2 aliphatic heterocycles. The second-order valence-electron chi connectivity index (χ2n) is 6.62. The number of hydrogen-bond acceptors (Lipinski definition) is 5. The summed E-state index contributed by atoms with van der Waals surface area (Å²) in [5, 5.41) is 0.563. The van der Waals surface area contributed by atoms with Crippen molar-refractivity contribution in [3.8, 4) is 0 Å². The van der Waals surface area contributed by atoms with Gasteiger partial charge in [-0.3, -0.25) is 4.79 Å². The smallest absolute Gasteiger partial charge is 0.248 e. The van der Waals surface area contributed by atoms with E-state index in [1.807, 2.05) is 55.1 Å². The molecule has 0 aromatic heterocycles. The molecule has 2 aliphatic rings. The van der Waals surface area contributed by atoms with Crippen LogP contribution >= 0.6 is 11.8 Å². The molecule has 2 saturated heterocycles. The van der Waals surface area contributed by atoms with Crippen LogP contribution in [0.3, 0.4) is 0 Å². The van der Waals surface area contributed by atoms with Crippen molar-refractivity contribution in [1.29, 1.82) is 0 Å². The van der Waals surface area contributed by atoms with E-state index < -0.39 is 9.84 Å². The second kappa shape index (κ2) is 6.99. The third-order valence-corrected chi connectivity index (χ3v) is 7.60. The van der Waals surface area contributed by atoms with Gasteiger partial charge in [-0.1, -0.05) is 18.7 Å². The standard InChI is InChI=1S/C17H23N3O3S2/c1-4-5-16(21)18-17-20(13-8-6-12(7-9-13)19(2)3)14-10-25(22,23)11-15(14)24-17/h6-9,14-15H,4-5,10-11H2,1-3H3. The van der Waals surface area contributed by atoms with Gasteiger partial charge < -0.3 is 9.80 Å². The molecule has 0 N–H and O–H groups in total. The van der Waals surface area contributed by atoms with Gasteiger partial charge in [0, 0.05) is 37.1 Å². The summed E-state index contributed by atoms with van der Waals surface area (Å²) in [4.78, 5) is 20.2. The zero-order valence-corrected chi connectivity index (χ0v) is 16.3. The predicted molar refractivity (Wildman–Crippen MR) is 104 cm³/mol. The topological polar surface area (TPSA) is 70.0 Å². The highest BCUT2D eigenvalue weighted by molar-refractivity contribution is 8.16. The molecule has 2 atom stereocenters.